The van der Waals surface area contributed by atoms with Gasteiger partial charge in [-0.3, -0.25) is 4.79 Å². The van der Waals surface area contributed by atoms with Crippen LogP contribution in [0.1, 0.15) is 21.5 Å². The SMILES string of the molecule is O=C(N[C@@H](Cc1c[nH]c2ccccc12)C(=O)OCC(=O)c1ccc(F)cc1)OCc1ccccc1. The smallest absolute Gasteiger partial charge is 0.408 e. The Morgan fingerprint density at radius 2 is 1.60 bits per heavy atom. The molecule has 4 rings (SSSR count). The van der Waals surface area contributed by atoms with Crippen LogP contribution in [0.2, 0.25) is 0 Å². The van der Waals surface area contributed by atoms with E-state index in [9.17, 15) is 18.8 Å². The molecular weight excluding hydrogens is 451 g/mol. The van der Waals surface area contributed by atoms with Crippen LogP contribution in [0.25, 0.3) is 10.9 Å². The van der Waals surface area contributed by atoms with Crippen molar-refractivity contribution in [3.8, 4) is 0 Å². The largest absolute Gasteiger partial charge is 0.456 e. The zero-order valence-corrected chi connectivity index (χ0v) is 18.7. The lowest BCUT2D eigenvalue weighted by molar-refractivity contribution is -0.144. The fourth-order valence-corrected chi connectivity index (χ4v) is 3.58. The lowest BCUT2D eigenvalue weighted by atomic mass is 10.1. The number of ether oxygens (including phenoxy) is 2. The number of Topliss-reactive ketones (excluding diaryl/α,β-unsaturated/α-hetero) is 1. The number of benzene rings is 3. The summed E-state index contributed by atoms with van der Waals surface area (Å²) < 4.78 is 23.6. The normalized spacial score (nSPS) is 11.6. The molecule has 0 saturated carbocycles. The van der Waals surface area contributed by atoms with E-state index in [0.29, 0.717) is 0 Å². The second-order valence-electron chi connectivity index (χ2n) is 7.86. The Kier molecular flexibility index (Phi) is 7.52. The highest BCUT2D eigenvalue weighted by Gasteiger charge is 2.25. The summed E-state index contributed by atoms with van der Waals surface area (Å²) in [4.78, 5) is 40.8. The number of H-pyrrole nitrogens is 1. The van der Waals surface area contributed by atoms with E-state index in [1.165, 1.54) is 12.1 Å². The zero-order chi connectivity index (χ0) is 24.6. The second kappa shape index (κ2) is 11.1. The van der Waals surface area contributed by atoms with Crippen LogP contribution in [0.3, 0.4) is 0 Å². The van der Waals surface area contributed by atoms with Crippen LogP contribution in [-0.4, -0.2) is 35.5 Å². The molecule has 3 aromatic carbocycles. The predicted molar refractivity (Wildman–Crippen MR) is 127 cm³/mol. The topological polar surface area (TPSA) is 97.5 Å². The van der Waals surface area contributed by atoms with Crippen LogP contribution >= 0.6 is 0 Å². The number of amides is 1. The Hall–Kier alpha value is -4.46. The Bertz CT molecular complexity index is 1320. The summed E-state index contributed by atoms with van der Waals surface area (Å²) in [5.74, 6) is -1.76. The van der Waals surface area contributed by atoms with E-state index >= 15 is 0 Å². The third kappa shape index (κ3) is 6.32. The summed E-state index contributed by atoms with van der Waals surface area (Å²) in [5.41, 5.74) is 2.68. The number of hydrogen-bond donors (Lipinski definition) is 2. The Morgan fingerprint density at radius 1 is 0.886 bits per heavy atom. The molecule has 1 atom stereocenters. The summed E-state index contributed by atoms with van der Waals surface area (Å²) >= 11 is 0. The summed E-state index contributed by atoms with van der Waals surface area (Å²) in [6.07, 6.45) is 1.08. The minimum atomic E-state index is -1.10. The number of rotatable bonds is 9. The number of fused-ring (bicyclic) bond motifs is 1. The monoisotopic (exact) mass is 474 g/mol. The number of para-hydroxylation sites is 1. The van der Waals surface area contributed by atoms with Gasteiger partial charge in [-0.05, 0) is 41.5 Å². The van der Waals surface area contributed by atoms with Crippen LogP contribution in [0.15, 0.2) is 85.1 Å². The van der Waals surface area contributed by atoms with Crippen LogP contribution in [0.4, 0.5) is 9.18 Å². The Morgan fingerprint density at radius 3 is 2.37 bits per heavy atom. The van der Waals surface area contributed by atoms with E-state index in [4.69, 9.17) is 9.47 Å². The fraction of sp³-hybridized carbons (Fsp3) is 0.148. The van der Waals surface area contributed by atoms with Crippen molar-refractivity contribution >= 4 is 28.7 Å². The Balaban J connectivity index is 1.44. The maximum Gasteiger partial charge on any atom is 0.408 e. The maximum absolute atomic E-state index is 13.1. The molecule has 2 N–H and O–H groups in total. The molecule has 0 unspecified atom stereocenters. The first-order valence-electron chi connectivity index (χ1n) is 11.0. The molecule has 0 radical (unpaired) electrons. The van der Waals surface area contributed by atoms with Gasteiger partial charge in [0.1, 0.15) is 18.5 Å². The first kappa shape index (κ1) is 23.7. The van der Waals surface area contributed by atoms with Crippen molar-refractivity contribution in [2.45, 2.75) is 19.1 Å². The van der Waals surface area contributed by atoms with Crippen molar-refractivity contribution in [1.82, 2.24) is 10.3 Å². The van der Waals surface area contributed by atoms with Crippen LogP contribution in [0.5, 0.6) is 0 Å². The number of carbonyl (C=O) groups is 3. The number of esters is 1. The number of nitrogens with one attached hydrogen (secondary N) is 2. The summed E-state index contributed by atoms with van der Waals surface area (Å²) in [5, 5.41) is 3.45. The first-order chi connectivity index (χ1) is 17.0. The minimum Gasteiger partial charge on any atom is -0.456 e. The van der Waals surface area contributed by atoms with E-state index in [1.807, 2.05) is 54.6 Å². The molecule has 0 fully saturated rings. The van der Waals surface area contributed by atoms with Gasteiger partial charge in [-0.2, -0.15) is 0 Å². The van der Waals surface area contributed by atoms with E-state index in [1.54, 1.807) is 6.20 Å². The average molecular weight is 474 g/mol. The lowest BCUT2D eigenvalue weighted by Crippen LogP contribution is -2.44. The van der Waals surface area contributed by atoms with Crippen LogP contribution in [0, 0.1) is 5.82 Å². The highest BCUT2D eigenvalue weighted by molar-refractivity contribution is 5.98. The minimum absolute atomic E-state index is 0.0323. The molecule has 4 aromatic rings. The van der Waals surface area contributed by atoms with Gasteiger partial charge >= 0.3 is 12.1 Å². The zero-order valence-electron chi connectivity index (χ0n) is 18.7. The summed E-state index contributed by atoms with van der Waals surface area (Å²) in [7, 11) is 0. The third-order valence-corrected chi connectivity index (χ3v) is 5.40. The number of aromatic amines is 1. The second-order valence-corrected chi connectivity index (χ2v) is 7.86. The molecule has 8 heteroatoms. The summed E-state index contributed by atoms with van der Waals surface area (Å²) in [6, 6.07) is 20.5. The van der Waals surface area contributed by atoms with E-state index in [0.717, 1.165) is 34.2 Å². The fourth-order valence-electron chi connectivity index (χ4n) is 3.58. The molecule has 0 saturated heterocycles. The highest BCUT2D eigenvalue weighted by Crippen LogP contribution is 2.19. The van der Waals surface area contributed by atoms with Crippen molar-refractivity contribution in [1.29, 1.82) is 0 Å². The van der Waals surface area contributed by atoms with Crippen LogP contribution < -0.4 is 5.32 Å². The molecule has 0 bridgehead atoms. The Labute approximate surface area is 200 Å². The number of hydrogen-bond acceptors (Lipinski definition) is 5. The molecule has 0 aliphatic carbocycles. The number of alkyl carbamates (subject to hydrolysis) is 1. The van der Waals surface area contributed by atoms with Gasteiger partial charge < -0.3 is 19.8 Å². The highest BCUT2D eigenvalue weighted by atomic mass is 19.1. The van der Waals surface area contributed by atoms with Crippen molar-refractivity contribution < 1.29 is 28.2 Å². The molecule has 1 amide bonds. The molecule has 7 nitrogen and oxygen atoms in total. The molecule has 1 heterocycles. The lowest BCUT2D eigenvalue weighted by Gasteiger charge is -2.17. The van der Waals surface area contributed by atoms with E-state index < -0.39 is 36.3 Å². The molecule has 35 heavy (non-hydrogen) atoms. The van der Waals surface area contributed by atoms with Gasteiger partial charge in [-0.25, -0.2) is 14.0 Å². The maximum atomic E-state index is 13.1. The molecule has 1 aromatic heterocycles. The third-order valence-electron chi connectivity index (χ3n) is 5.40. The molecular formula is C27H23FN2O5. The standard InChI is InChI=1S/C27H23FN2O5/c28-21-12-10-19(11-13-21)25(31)17-34-26(32)24(14-20-15-29-23-9-5-4-8-22(20)23)30-27(33)35-16-18-6-2-1-3-7-18/h1-13,15,24,29H,14,16-17H2,(H,30,33)/t24-/m0/s1. The van der Waals surface area contributed by atoms with Crippen molar-refractivity contribution in [3.05, 3.63) is 108 Å². The molecule has 178 valence electrons. The average Bonchev–Trinajstić information content (AvgIpc) is 3.29. The van der Waals surface area contributed by atoms with Gasteiger partial charge in [0.15, 0.2) is 12.4 Å². The van der Waals surface area contributed by atoms with Gasteiger partial charge in [0.2, 0.25) is 0 Å². The number of carbonyl (C=O) groups excluding carboxylic acids is 3. The van der Waals surface area contributed by atoms with Crippen molar-refractivity contribution in [2.75, 3.05) is 6.61 Å². The molecule has 0 spiro atoms. The van der Waals surface area contributed by atoms with Crippen molar-refractivity contribution in [2.24, 2.45) is 0 Å². The quantitative estimate of drug-likeness (QED) is 0.274. The van der Waals surface area contributed by atoms with Gasteiger partial charge in [0, 0.05) is 29.1 Å². The van der Waals surface area contributed by atoms with Gasteiger partial charge in [0.25, 0.3) is 0 Å². The number of halogens is 1. The summed E-state index contributed by atoms with van der Waals surface area (Å²) in [6.45, 7) is -0.514. The van der Waals surface area contributed by atoms with Crippen LogP contribution in [-0.2, 0) is 27.3 Å². The van der Waals surface area contributed by atoms with Gasteiger partial charge in [0.05, 0.1) is 0 Å². The number of ketones is 1. The van der Waals surface area contributed by atoms with Crippen molar-refractivity contribution in [3.63, 3.8) is 0 Å². The number of aromatic nitrogens is 1. The molecule has 0 aliphatic heterocycles. The molecule has 0 aliphatic rings. The van der Waals surface area contributed by atoms with E-state index in [-0.39, 0.29) is 18.6 Å². The van der Waals surface area contributed by atoms with Gasteiger partial charge in [-0.15, -0.1) is 0 Å². The predicted octanol–water partition coefficient (Wildman–Crippen LogP) is 4.57. The first-order valence-corrected chi connectivity index (χ1v) is 11.0. The van der Waals surface area contributed by atoms with E-state index in [2.05, 4.69) is 10.3 Å². The van der Waals surface area contributed by atoms with Gasteiger partial charge in [-0.1, -0.05) is 48.5 Å².